The molecular weight excluding hydrogens is 397 g/mol. The second kappa shape index (κ2) is 9.37. The van der Waals surface area contributed by atoms with Gasteiger partial charge in [0.25, 0.3) is 0 Å². The highest BCUT2D eigenvalue weighted by atomic mass is 35.5. The van der Waals surface area contributed by atoms with Crippen molar-refractivity contribution >= 4 is 39.2 Å². The topological polar surface area (TPSA) is 63.7 Å². The lowest BCUT2D eigenvalue weighted by atomic mass is 10.2. The second-order valence-corrected chi connectivity index (χ2v) is 8.43. The summed E-state index contributed by atoms with van der Waals surface area (Å²) in [6.45, 7) is 0.201. The summed E-state index contributed by atoms with van der Waals surface area (Å²) in [4.78, 5) is 11.5. The molecule has 140 valence electrons. The maximum atomic E-state index is 12.9. The third kappa shape index (κ3) is 5.99. The van der Waals surface area contributed by atoms with Gasteiger partial charge in [0, 0.05) is 13.1 Å². The summed E-state index contributed by atoms with van der Waals surface area (Å²) in [5.41, 5.74) is 1.35. The van der Waals surface area contributed by atoms with Crippen molar-refractivity contribution in [1.82, 2.24) is 4.31 Å². The Morgan fingerprint density at radius 2 is 1.73 bits per heavy atom. The van der Waals surface area contributed by atoms with Gasteiger partial charge in [0.1, 0.15) is 0 Å². The molecule has 2 aromatic carbocycles. The summed E-state index contributed by atoms with van der Waals surface area (Å²) in [7, 11) is -2.41. The van der Waals surface area contributed by atoms with Crippen LogP contribution in [0.15, 0.2) is 48.5 Å². The molecule has 0 spiro atoms. The quantitative estimate of drug-likeness (QED) is 0.613. The molecular formula is C18H19Cl2NO4S. The van der Waals surface area contributed by atoms with Crippen molar-refractivity contribution in [1.29, 1.82) is 0 Å². The Morgan fingerprint density at radius 1 is 1.04 bits per heavy atom. The van der Waals surface area contributed by atoms with E-state index in [1.165, 1.54) is 17.5 Å². The van der Waals surface area contributed by atoms with E-state index in [0.717, 1.165) is 5.56 Å². The van der Waals surface area contributed by atoms with Gasteiger partial charge in [-0.3, -0.25) is 4.79 Å². The number of benzene rings is 2. The first kappa shape index (κ1) is 20.7. The smallest absolute Gasteiger partial charge is 0.306 e. The zero-order valence-corrected chi connectivity index (χ0v) is 16.5. The van der Waals surface area contributed by atoms with Crippen molar-refractivity contribution in [3.8, 4) is 0 Å². The van der Waals surface area contributed by atoms with E-state index in [1.54, 1.807) is 12.1 Å². The zero-order chi connectivity index (χ0) is 19.2. The fourth-order valence-electron chi connectivity index (χ4n) is 2.35. The number of methoxy groups -OCH3 is 1. The first-order valence-corrected chi connectivity index (χ1v) is 10.2. The monoisotopic (exact) mass is 415 g/mol. The lowest BCUT2D eigenvalue weighted by molar-refractivity contribution is -0.140. The average molecular weight is 416 g/mol. The van der Waals surface area contributed by atoms with Crippen LogP contribution in [0.1, 0.15) is 17.5 Å². The molecule has 2 aromatic rings. The largest absolute Gasteiger partial charge is 0.469 e. The summed E-state index contributed by atoms with van der Waals surface area (Å²) < 4.78 is 31.7. The number of ether oxygens (including phenoxy) is 1. The van der Waals surface area contributed by atoms with Crippen LogP contribution in [-0.2, 0) is 31.9 Å². The van der Waals surface area contributed by atoms with Crippen molar-refractivity contribution in [2.75, 3.05) is 13.7 Å². The van der Waals surface area contributed by atoms with Crippen molar-refractivity contribution in [3.05, 3.63) is 69.7 Å². The molecule has 0 N–H and O–H groups in total. The molecule has 0 heterocycles. The van der Waals surface area contributed by atoms with E-state index in [-0.39, 0.29) is 25.3 Å². The highest BCUT2D eigenvalue weighted by Crippen LogP contribution is 2.24. The van der Waals surface area contributed by atoms with E-state index in [9.17, 15) is 13.2 Å². The minimum Gasteiger partial charge on any atom is -0.469 e. The molecule has 0 amide bonds. The molecule has 0 unspecified atom stereocenters. The molecule has 26 heavy (non-hydrogen) atoms. The van der Waals surface area contributed by atoms with Gasteiger partial charge in [0.2, 0.25) is 10.0 Å². The van der Waals surface area contributed by atoms with Gasteiger partial charge >= 0.3 is 5.97 Å². The predicted molar refractivity (Wildman–Crippen MR) is 103 cm³/mol. The Kier molecular flexibility index (Phi) is 7.46. The van der Waals surface area contributed by atoms with Crippen LogP contribution in [0.2, 0.25) is 10.0 Å². The van der Waals surface area contributed by atoms with Crippen LogP contribution in [0.5, 0.6) is 0 Å². The maximum Gasteiger partial charge on any atom is 0.306 e. The Labute approximate surface area is 163 Å². The van der Waals surface area contributed by atoms with E-state index in [1.807, 2.05) is 30.3 Å². The first-order chi connectivity index (χ1) is 12.3. The van der Waals surface area contributed by atoms with Gasteiger partial charge < -0.3 is 4.74 Å². The lowest BCUT2D eigenvalue weighted by Crippen LogP contribution is -2.33. The molecule has 0 aliphatic carbocycles. The number of nitrogens with zero attached hydrogens (tertiary/aromatic N) is 1. The number of rotatable bonds is 8. The summed E-state index contributed by atoms with van der Waals surface area (Å²) >= 11 is 11.9. The molecule has 0 atom stereocenters. The van der Waals surface area contributed by atoms with E-state index in [0.29, 0.717) is 15.6 Å². The Hall–Kier alpha value is -1.60. The summed E-state index contributed by atoms with van der Waals surface area (Å²) in [5.74, 6) is -0.703. The number of carbonyl (C=O) groups excluding carboxylic acids is 1. The number of hydrogen-bond acceptors (Lipinski definition) is 4. The maximum absolute atomic E-state index is 12.9. The van der Waals surface area contributed by atoms with Crippen LogP contribution in [0.3, 0.4) is 0 Å². The average Bonchev–Trinajstić information content (AvgIpc) is 2.62. The number of sulfonamides is 1. The molecule has 0 saturated heterocycles. The summed E-state index contributed by atoms with van der Waals surface area (Å²) in [6, 6.07) is 13.9. The molecule has 0 aromatic heterocycles. The fourth-order valence-corrected chi connectivity index (χ4v) is 4.17. The molecule has 8 heteroatoms. The van der Waals surface area contributed by atoms with Gasteiger partial charge in [0.05, 0.1) is 29.3 Å². The van der Waals surface area contributed by atoms with Crippen molar-refractivity contribution in [2.45, 2.75) is 18.7 Å². The second-order valence-electron chi connectivity index (χ2n) is 5.65. The van der Waals surface area contributed by atoms with Crippen LogP contribution in [-0.4, -0.2) is 32.3 Å². The van der Waals surface area contributed by atoms with E-state index >= 15 is 0 Å². The molecule has 5 nitrogen and oxygen atoms in total. The van der Waals surface area contributed by atoms with Gasteiger partial charge in [-0.25, -0.2) is 8.42 Å². The Morgan fingerprint density at radius 3 is 2.35 bits per heavy atom. The van der Waals surface area contributed by atoms with Crippen LogP contribution >= 0.6 is 23.2 Å². The Bertz CT molecular complexity index is 857. The normalized spacial score (nSPS) is 11.5. The van der Waals surface area contributed by atoms with Gasteiger partial charge in [0.15, 0.2) is 0 Å². The predicted octanol–water partition coefficient (Wildman–Crippen LogP) is 3.89. The SMILES string of the molecule is COC(=O)CCN(Cc1ccccc1)S(=O)(=O)Cc1ccc(Cl)c(Cl)c1. The van der Waals surface area contributed by atoms with Crippen LogP contribution in [0.25, 0.3) is 0 Å². The third-order valence-corrected chi connectivity index (χ3v) is 6.26. The molecule has 0 bridgehead atoms. The standard InChI is InChI=1S/C18H19Cl2NO4S/c1-25-18(22)9-10-21(12-14-5-3-2-4-6-14)26(23,24)13-15-7-8-16(19)17(20)11-15/h2-8,11H,9-10,12-13H2,1H3. The van der Waals surface area contributed by atoms with Gasteiger partial charge in [-0.1, -0.05) is 59.6 Å². The number of esters is 1. The third-order valence-electron chi connectivity index (χ3n) is 3.72. The first-order valence-electron chi connectivity index (χ1n) is 7.84. The molecule has 0 saturated carbocycles. The Balaban J connectivity index is 2.22. The highest BCUT2D eigenvalue weighted by molar-refractivity contribution is 7.88. The van der Waals surface area contributed by atoms with Gasteiger partial charge in [-0.15, -0.1) is 0 Å². The zero-order valence-electron chi connectivity index (χ0n) is 14.2. The lowest BCUT2D eigenvalue weighted by Gasteiger charge is -2.22. The molecule has 2 rings (SSSR count). The van der Waals surface area contributed by atoms with Crippen LogP contribution in [0.4, 0.5) is 0 Å². The summed E-state index contributed by atoms with van der Waals surface area (Å²) in [6.07, 6.45) is -0.0239. The minimum absolute atomic E-state index is 0.0239. The van der Waals surface area contributed by atoms with Crippen molar-refractivity contribution in [3.63, 3.8) is 0 Å². The van der Waals surface area contributed by atoms with Crippen molar-refractivity contribution < 1.29 is 17.9 Å². The molecule has 0 aliphatic rings. The van der Waals surface area contributed by atoms with Crippen molar-refractivity contribution in [2.24, 2.45) is 0 Å². The number of carbonyl (C=O) groups is 1. The molecule has 0 fully saturated rings. The molecule has 0 aliphatic heterocycles. The van der Waals surface area contributed by atoms with Crippen LogP contribution < -0.4 is 0 Å². The summed E-state index contributed by atoms with van der Waals surface area (Å²) in [5, 5.41) is 0.656. The van der Waals surface area contributed by atoms with E-state index in [4.69, 9.17) is 23.2 Å². The van der Waals surface area contributed by atoms with Crippen LogP contribution in [0, 0.1) is 0 Å². The van der Waals surface area contributed by atoms with Gasteiger partial charge in [-0.2, -0.15) is 4.31 Å². The fraction of sp³-hybridized carbons (Fsp3) is 0.278. The minimum atomic E-state index is -3.68. The number of halogens is 2. The number of hydrogen-bond donors (Lipinski definition) is 0. The molecule has 0 radical (unpaired) electrons. The van der Waals surface area contributed by atoms with E-state index < -0.39 is 16.0 Å². The highest BCUT2D eigenvalue weighted by Gasteiger charge is 2.24. The van der Waals surface area contributed by atoms with E-state index in [2.05, 4.69) is 4.74 Å². The van der Waals surface area contributed by atoms with Gasteiger partial charge in [-0.05, 0) is 23.3 Å².